The van der Waals surface area contributed by atoms with Crippen LogP contribution in [0.1, 0.15) is 56.7 Å². The zero-order valence-corrected chi connectivity index (χ0v) is 21.6. The Labute approximate surface area is 202 Å². The molecule has 4 nitrogen and oxygen atoms in total. The average Bonchev–Trinajstić information content (AvgIpc) is 2.65. The van der Waals surface area contributed by atoms with Crippen molar-refractivity contribution < 1.29 is 19.0 Å². The van der Waals surface area contributed by atoms with Crippen LogP contribution in [0.25, 0.3) is 0 Å². The van der Waals surface area contributed by atoms with Crippen molar-refractivity contribution in [3.05, 3.63) is 23.3 Å². The molecule has 0 saturated carbocycles. The first-order valence-electron chi connectivity index (χ1n) is 10.1. The molecule has 3 rings (SSSR count). The number of nitrogens with zero attached hydrogens (tertiary/aromatic N) is 1. The van der Waals surface area contributed by atoms with Gasteiger partial charge in [-0.05, 0) is 66.7 Å². The van der Waals surface area contributed by atoms with Gasteiger partial charge >= 0.3 is 0 Å². The highest BCUT2D eigenvalue weighted by Gasteiger charge is 2.39. The molecule has 0 amide bonds. The van der Waals surface area contributed by atoms with Crippen LogP contribution in [0.5, 0.6) is 11.5 Å². The third kappa shape index (κ3) is 6.61. The van der Waals surface area contributed by atoms with Gasteiger partial charge in [0.1, 0.15) is 0 Å². The van der Waals surface area contributed by atoms with Crippen molar-refractivity contribution >= 4 is 40.5 Å². The molecule has 0 aliphatic carbocycles. The van der Waals surface area contributed by atoms with E-state index in [1.165, 1.54) is 11.1 Å². The van der Waals surface area contributed by atoms with Gasteiger partial charge in [-0.3, -0.25) is 9.29 Å². The lowest BCUT2D eigenvalue weighted by atomic mass is 9.76. The highest BCUT2D eigenvalue weighted by Crippen LogP contribution is 2.44. The third-order valence-electron chi connectivity index (χ3n) is 6.55. The van der Waals surface area contributed by atoms with Gasteiger partial charge in [-0.15, -0.1) is 0 Å². The molecule has 176 valence electrons. The van der Waals surface area contributed by atoms with Gasteiger partial charge in [0.05, 0.1) is 27.0 Å². The molecular weight excluding hydrogens is 441 g/mol. The number of aliphatic hydroxyl groups is 1. The van der Waals surface area contributed by atoms with Gasteiger partial charge in [0.25, 0.3) is 0 Å². The number of piperidine rings is 1. The van der Waals surface area contributed by atoms with E-state index >= 15 is 0 Å². The van der Waals surface area contributed by atoms with E-state index in [4.69, 9.17) is 9.47 Å². The fraction of sp³-hybridized carbons (Fsp3) is 0.727. The Balaban J connectivity index is 0.00000280. The topological polar surface area (TPSA) is 41.9 Å². The number of fused-ring (bicyclic) bond motifs is 3. The van der Waals surface area contributed by atoms with Crippen molar-refractivity contribution in [2.24, 2.45) is 11.3 Å². The summed E-state index contributed by atoms with van der Waals surface area (Å²) in [5.41, 5.74) is 2.56. The number of aliphatic hydroxyl groups excluding tert-OH is 1. The Morgan fingerprint density at radius 3 is 2.33 bits per heavy atom. The summed E-state index contributed by atoms with van der Waals surface area (Å²) in [4.78, 5) is 2.51. The van der Waals surface area contributed by atoms with Crippen LogP contribution in [0.4, 0.5) is 4.39 Å². The lowest BCUT2D eigenvalue weighted by Crippen LogP contribution is -2.48. The minimum absolute atomic E-state index is 0. The molecule has 1 fully saturated rings. The molecule has 8 heteroatoms. The quantitative estimate of drug-likeness (QED) is 0.623. The molecule has 1 saturated heterocycles. The number of halogens is 1. The van der Waals surface area contributed by atoms with Crippen molar-refractivity contribution in [2.45, 2.75) is 58.1 Å². The number of methoxy groups -OCH3 is 2. The van der Waals surface area contributed by atoms with Crippen molar-refractivity contribution in [1.82, 2.24) is 4.90 Å². The van der Waals surface area contributed by atoms with Crippen LogP contribution < -0.4 is 9.47 Å². The first kappa shape index (κ1) is 29.7. The molecule has 0 spiro atoms. The van der Waals surface area contributed by atoms with Gasteiger partial charge in [0.15, 0.2) is 11.5 Å². The van der Waals surface area contributed by atoms with E-state index in [2.05, 4.69) is 30.9 Å². The van der Waals surface area contributed by atoms with Gasteiger partial charge in [-0.2, -0.15) is 40.5 Å². The minimum Gasteiger partial charge on any atom is -0.493 e. The Morgan fingerprint density at radius 2 is 1.73 bits per heavy atom. The van der Waals surface area contributed by atoms with Gasteiger partial charge in [-0.25, -0.2) is 0 Å². The van der Waals surface area contributed by atoms with Crippen LogP contribution in [0.15, 0.2) is 12.1 Å². The van der Waals surface area contributed by atoms with E-state index in [0.717, 1.165) is 50.3 Å². The Bertz CT molecular complexity index is 663. The summed E-state index contributed by atoms with van der Waals surface area (Å²) in [7, 11) is 3.33. The van der Waals surface area contributed by atoms with E-state index in [1.54, 1.807) is 14.2 Å². The van der Waals surface area contributed by atoms with Crippen molar-refractivity contribution in [3.8, 4) is 11.5 Å². The van der Waals surface area contributed by atoms with Crippen LogP contribution in [0.3, 0.4) is 0 Å². The monoisotopic (exact) mass is 481 g/mol. The molecular formula is C22H40FNO3S3. The molecule has 1 aromatic rings. The molecule has 1 aromatic carbocycles. The number of rotatable bonds is 7. The van der Waals surface area contributed by atoms with E-state index < -0.39 is 0 Å². The molecule has 2 heterocycles. The van der Waals surface area contributed by atoms with Gasteiger partial charge in [0.2, 0.25) is 0 Å². The Kier molecular flexibility index (Phi) is 12.6. The number of alkyl halides is 1. The van der Waals surface area contributed by atoms with E-state index in [9.17, 15) is 9.50 Å². The van der Waals surface area contributed by atoms with Crippen LogP contribution in [-0.2, 0) is 6.42 Å². The summed E-state index contributed by atoms with van der Waals surface area (Å²) in [6.45, 7) is 5.90. The Hall–Kier alpha value is -0.280. The maximum atomic E-state index is 12.7. The number of hydrogen-bond acceptors (Lipinski definition) is 4. The predicted molar refractivity (Wildman–Crippen MR) is 136 cm³/mol. The molecule has 0 unspecified atom stereocenters. The number of hydrogen-bond donors (Lipinski definition) is 1. The molecule has 1 N–H and O–H groups in total. The SMILES string of the molecule is COc1cc2c(cc1OC)[C@@H]1C[C@H](O)[C@@H](CCC(C)(C)CC[19F])CN1CC2.S.S.S. The highest BCUT2D eigenvalue weighted by atomic mass is 32.1. The fourth-order valence-electron chi connectivity index (χ4n) is 4.66. The lowest BCUT2D eigenvalue weighted by molar-refractivity contribution is -0.0191. The fourth-order valence-corrected chi connectivity index (χ4v) is 4.66. The predicted octanol–water partition coefficient (Wildman–Crippen LogP) is 4.49. The number of benzene rings is 1. The molecule has 3 atom stereocenters. The summed E-state index contributed by atoms with van der Waals surface area (Å²) < 4.78 is 23.7. The Morgan fingerprint density at radius 1 is 1.10 bits per heavy atom. The van der Waals surface area contributed by atoms with Gasteiger partial charge < -0.3 is 14.6 Å². The molecule has 0 aromatic heterocycles. The maximum absolute atomic E-state index is 12.7. The zero-order chi connectivity index (χ0) is 19.6. The molecule has 2 aliphatic rings. The standard InChI is InChI=1S/C22H34FNO3.3H2S/c1-22(2,8-9-23)7-5-16-14-24-10-6-15-11-20(26-3)21(27-4)12-17(15)18(24)13-19(16)25;;;/h11-12,16,18-19,25H,5-10,13-14H2,1-4H3;3*1H2/t16-,18-,19-;;;/m0.../s1/i23+0;;;. The van der Waals surface area contributed by atoms with Crippen molar-refractivity contribution in [1.29, 1.82) is 0 Å². The van der Waals surface area contributed by atoms with Crippen LogP contribution in [-0.4, -0.2) is 50.1 Å². The van der Waals surface area contributed by atoms with Crippen LogP contribution >= 0.6 is 40.5 Å². The van der Waals surface area contributed by atoms with E-state index in [-0.39, 0.29) is 70.6 Å². The van der Waals surface area contributed by atoms with Crippen molar-refractivity contribution in [3.63, 3.8) is 0 Å². The van der Waals surface area contributed by atoms with Gasteiger partial charge in [-0.1, -0.05) is 13.8 Å². The molecule has 0 bridgehead atoms. The second-order valence-electron chi connectivity index (χ2n) is 8.87. The summed E-state index contributed by atoms with van der Waals surface area (Å²) in [6.07, 6.45) is 3.93. The smallest absolute Gasteiger partial charge is 0.161 e. The van der Waals surface area contributed by atoms with Crippen LogP contribution in [0.2, 0.25) is 0 Å². The summed E-state index contributed by atoms with van der Waals surface area (Å²) in [5.74, 6) is 1.79. The first-order chi connectivity index (χ1) is 12.9. The average molecular weight is 482 g/mol. The van der Waals surface area contributed by atoms with E-state index in [0.29, 0.717) is 6.42 Å². The minimum atomic E-state index is -0.313. The van der Waals surface area contributed by atoms with Crippen LogP contribution in [0, 0.1) is 11.3 Å². The molecule has 0 radical (unpaired) electrons. The third-order valence-corrected chi connectivity index (χ3v) is 6.55. The number of ether oxygens (including phenoxy) is 2. The highest BCUT2D eigenvalue weighted by molar-refractivity contribution is 7.59. The first-order valence-corrected chi connectivity index (χ1v) is 10.1. The summed E-state index contributed by atoms with van der Waals surface area (Å²) in [5, 5.41) is 10.8. The molecule has 2 aliphatic heterocycles. The second-order valence-corrected chi connectivity index (χ2v) is 8.87. The summed E-state index contributed by atoms with van der Waals surface area (Å²) in [6, 6.07) is 4.41. The van der Waals surface area contributed by atoms with Gasteiger partial charge in [0, 0.05) is 19.1 Å². The summed E-state index contributed by atoms with van der Waals surface area (Å²) >= 11 is 0. The normalized spacial score (nSPS) is 23.1. The zero-order valence-electron chi connectivity index (χ0n) is 18.6. The second kappa shape index (κ2) is 12.7. The maximum Gasteiger partial charge on any atom is 0.161 e. The molecule has 30 heavy (non-hydrogen) atoms. The largest absolute Gasteiger partial charge is 0.493 e. The lowest BCUT2D eigenvalue weighted by Gasteiger charge is -2.46. The van der Waals surface area contributed by atoms with E-state index in [1.807, 2.05) is 0 Å². The van der Waals surface area contributed by atoms with Crippen molar-refractivity contribution in [2.75, 3.05) is 34.0 Å².